The Morgan fingerprint density at radius 1 is 1.00 bits per heavy atom. The van der Waals surface area contributed by atoms with Crippen molar-refractivity contribution < 1.29 is 31.5 Å². The third-order valence-corrected chi connectivity index (χ3v) is 5.17. The Hall–Kier alpha value is -4.14. The highest BCUT2D eigenvalue weighted by Crippen LogP contribution is 2.35. The lowest BCUT2D eigenvalue weighted by atomic mass is 10.0. The predicted molar refractivity (Wildman–Crippen MR) is 123 cm³/mol. The molecule has 180 valence electrons. The molecule has 9 heteroatoms. The summed E-state index contributed by atoms with van der Waals surface area (Å²) in [5, 5.41) is 2.55. The van der Waals surface area contributed by atoms with Crippen LogP contribution in [0.4, 0.5) is 23.2 Å². The molecule has 0 saturated heterocycles. The Bertz CT molecular complexity index is 1350. The molecule has 1 heterocycles. The van der Waals surface area contributed by atoms with Crippen LogP contribution in [0.5, 0.6) is 5.75 Å². The summed E-state index contributed by atoms with van der Waals surface area (Å²) in [6, 6.07) is 18.6. The molecule has 4 aromatic rings. The molecule has 4 rings (SSSR count). The number of aromatic nitrogens is 1. The number of hydrogen-bond donors (Lipinski definition) is 1. The molecule has 5 nitrogen and oxygen atoms in total. The smallest absolute Gasteiger partial charge is 0.387 e. The quantitative estimate of drug-likeness (QED) is 0.280. The lowest BCUT2D eigenvalue weighted by Crippen LogP contribution is -2.14. The number of alkyl halides is 4. The minimum Gasteiger partial charge on any atom is -0.441 e. The van der Waals surface area contributed by atoms with E-state index < -0.39 is 18.4 Å². The fraction of sp³-hybridized carbons (Fsp3) is 0.154. The molecular formula is C26H20F4N2O3. The Kier molecular flexibility index (Phi) is 6.59. The molecule has 0 unspecified atom stereocenters. The van der Waals surface area contributed by atoms with Crippen LogP contribution in [0.25, 0.3) is 22.6 Å². The van der Waals surface area contributed by atoms with E-state index in [0.29, 0.717) is 16.7 Å². The second-order valence-corrected chi connectivity index (χ2v) is 7.80. The van der Waals surface area contributed by atoms with Crippen molar-refractivity contribution in [2.75, 3.05) is 5.32 Å². The van der Waals surface area contributed by atoms with Gasteiger partial charge in [-0.3, -0.25) is 4.79 Å². The van der Waals surface area contributed by atoms with E-state index in [-0.39, 0.29) is 34.3 Å². The summed E-state index contributed by atoms with van der Waals surface area (Å²) in [6.07, 6.45) is 0. The first kappa shape index (κ1) is 24.0. The first-order chi connectivity index (χ1) is 16.6. The molecule has 0 radical (unpaired) electrons. The fourth-order valence-electron chi connectivity index (χ4n) is 3.50. The van der Waals surface area contributed by atoms with E-state index in [4.69, 9.17) is 4.42 Å². The van der Waals surface area contributed by atoms with Crippen molar-refractivity contribution in [1.82, 2.24) is 4.98 Å². The molecule has 0 aliphatic heterocycles. The van der Waals surface area contributed by atoms with E-state index in [2.05, 4.69) is 15.0 Å². The summed E-state index contributed by atoms with van der Waals surface area (Å²) in [4.78, 5) is 17.0. The molecule has 0 fully saturated rings. The molecule has 0 aliphatic carbocycles. The summed E-state index contributed by atoms with van der Waals surface area (Å²) >= 11 is 0. The Balaban J connectivity index is 1.65. The second-order valence-electron chi connectivity index (χ2n) is 7.80. The number of rotatable bonds is 7. The van der Waals surface area contributed by atoms with Crippen molar-refractivity contribution in [3.63, 3.8) is 0 Å². The lowest BCUT2D eigenvalue weighted by molar-refractivity contribution is -0.0494. The van der Waals surface area contributed by atoms with Crippen molar-refractivity contribution in [2.24, 2.45) is 0 Å². The fourth-order valence-corrected chi connectivity index (χ4v) is 3.50. The number of aryl methyl sites for hydroxylation is 1. The Morgan fingerprint density at radius 3 is 2.43 bits per heavy atom. The molecule has 0 atom stereocenters. The van der Waals surface area contributed by atoms with Gasteiger partial charge in [-0.15, -0.1) is 0 Å². The van der Waals surface area contributed by atoms with Gasteiger partial charge in [-0.1, -0.05) is 42.5 Å². The lowest BCUT2D eigenvalue weighted by Gasteiger charge is -2.12. The van der Waals surface area contributed by atoms with E-state index >= 15 is 0 Å². The highest BCUT2D eigenvalue weighted by Gasteiger charge is 2.25. The van der Waals surface area contributed by atoms with Gasteiger partial charge in [-0.25, -0.2) is 13.8 Å². The van der Waals surface area contributed by atoms with E-state index in [9.17, 15) is 22.4 Å². The van der Waals surface area contributed by atoms with Crippen LogP contribution in [0.3, 0.4) is 0 Å². The van der Waals surface area contributed by atoms with Crippen LogP contribution in [-0.2, 0) is 5.92 Å². The highest BCUT2D eigenvalue weighted by molar-refractivity contribution is 6.03. The van der Waals surface area contributed by atoms with Gasteiger partial charge in [-0.2, -0.15) is 8.78 Å². The van der Waals surface area contributed by atoms with Crippen LogP contribution in [0.2, 0.25) is 0 Å². The number of nitrogens with one attached hydrogen (secondary N) is 1. The first-order valence-electron chi connectivity index (χ1n) is 10.5. The molecule has 1 amide bonds. The average Bonchev–Trinajstić information content (AvgIpc) is 3.21. The summed E-state index contributed by atoms with van der Waals surface area (Å²) in [5.74, 6) is -3.45. The van der Waals surface area contributed by atoms with Crippen LogP contribution in [0.1, 0.15) is 28.7 Å². The van der Waals surface area contributed by atoms with Gasteiger partial charge in [0.25, 0.3) is 11.8 Å². The summed E-state index contributed by atoms with van der Waals surface area (Å²) in [6.45, 7) is -0.702. The summed E-state index contributed by atoms with van der Waals surface area (Å²) in [7, 11) is 0. The zero-order valence-corrected chi connectivity index (χ0v) is 18.7. The molecule has 0 saturated carbocycles. The monoisotopic (exact) mass is 484 g/mol. The van der Waals surface area contributed by atoms with E-state index in [1.807, 2.05) is 0 Å². The molecule has 3 aromatic carbocycles. The number of oxazole rings is 1. The molecule has 1 N–H and O–H groups in total. The minimum atomic E-state index is -3.06. The first-order valence-corrected chi connectivity index (χ1v) is 10.5. The van der Waals surface area contributed by atoms with Crippen molar-refractivity contribution >= 4 is 11.6 Å². The van der Waals surface area contributed by atoms with Gasteiger partial charge in [0.05, 0.1) is 0 Å². The third kappa shape index (κ3) is 5.51. The number of anilines is 1. The molecule has 0 bridgehead atoms. The molecule has 1 aromatic heterocycles. The van der Waals surface area contributed by atoms with Crippen molar-refractivity contribution in [2.45, 2.75) is 26.4 Å². The molecular weight excluding hydrogens is 464 g/mol. The zero-order chi connectivity index (χ0) is 25.2. The number of amides is 1. The average molecular weight is 484 g/mol. The maximum atomic E-state index is 13.6. The maximum Gasteiger partial charge on any atom is 0.387 e. The van der Waals surface area contributed by atoms with Gasteiger partial charge in [0.1, 0.15) is 11.5 Å². The van der Waals surface area contributed by atoms with Crippen molar-refractivity contribution in [3.05, 3.63) is 89.8 Å². The molecule has 0 spiro atoms. The SMILES string of the molecule is Cc1oc(-c2ccc(OC(F)F)c(-c3ccccc3)c2)nc1C(=O)Nc1cccc(C(C)(F)F)c1. The van der Waals surface area contributed by atoms with Crippen LogP contribution in [0, 0.1) is 6.92 Å². The second kappa shape index (κ2) is 9.61. The topological polar surface area (TPSA) is 64.4 Å². The number of benzene rings is 3. The van der Waals surface area contributed by atoms with E-state index in [1.165, 1.54) is 43.3 Å². The minimum absolute atomic E-state index is 0.0243. The van der Waals surface area contributed by atoms with Gasteiger partial charge < -0.3 is 14.5 Å². The normalized spacial score (nSPS) is 11.5. The number of hydrogen-bond acceptors (Lipinski definition) is 4. The molecule has 0 aliphatic rings. The van der Waals surface area contributed by atoms with Crippen molar-refractivity contribution in [3.8, 4) is 28.3 Å². The summed E-state index contributed by atoms with van der Waals surface area (Å²) in [5.41, 5.74) is 1.36. The number of carbonyl (C=O) groups excluding carboxylic acids is 1. The Labute approximate surface area is 198 Å². The maximum absolute atomic E-state index is 13.6. The number of halogens is 4. The molecule has 35 heavy (non-hydrogen) atoms. The third-order valence-electron chi connectivity index (χ3n) is 5.17. The van der Waals surface area contributed by atoms with Crippen molar-refractivity contribution in [1.29, 1.82) is 0 Å². The largest absolute Gasteiger partial charge is 0.441 e. The van der Waals surface area contributed by atoms with E-state index in [1.54, 1.807) is 36.4 Å². The standard InChI is InChI=1S/C26H20F4N2O3/c1-15-22(23(33)31-19-10-6-9-18(14-19)26(2,29)30)32-24(34-15)17-11-12-21(35-25(27)28)20(13-17)16-7-4-3-5-8-16/h3-14,25H,1-2H3,(H,31,33). The van der Waals surface area contributed by atoms with Gasteiger partial charge in [0.15, 0.2) is 5.69 Å². The van der Waals surface area contributed by atoms with Crippen LogP contribution in [-0.4, -0.2) is 17.5 Å². The van der Waals surface area contributed by atoms with Crippen LogP contribution >= 0.6 is 0 Å². The van der Waals surface area contributed by atoms with Gasteiger partial charge in [0, 0.05) is 29.3 Å². The number of carbonyl (C=O) groups is 1. The van der Waals surface area contributed by atoms with Gasteiger partial charge in [-0.05, 0) is 42.8 Å². The number of nitrogens with zero attached hydrogens (tertiary/aromatic N) is 1. The predicted octanol–water partition coefficient (Wildman–Crippen LogP) is 7.28. The zero-order valence-electron chi connectivity index (χ0n) is 18.7. The Morgan fingerprint density at radius 2 is 1.74 bits per heavy atom. The van der Waals surface area contributed by atoms with E-state index in [0.717, 1.165) is 6.92 Å². The highest BCUT2D eigenvalue weighted by atomic mass is 19.3. The van der Waals surface area contributed by atoms with Crippen LogP contribution in [0.15, 0.2) is 77.2 Å². The summed E-state index contributed by atoms with van der Waals surface area (Å²) < 4.78 is 63.4. The number of ether oxygens (including phenoxy) is 1. The van der Waals surface area contributed by atoms with Gasteiger partial charge >= 0.3 is 6.61 Å². The van der Waals surface area contributed by atoms with Gasteiger partial charge in [0.2, 0.25) is 5.89 Å². The van der Waals surface area contributed by atoms with Crippen LogP contribution < -0.4 is 10.1 Å².